The maximum atomic E-state index is 4.57. The number of aromatic nitrogens is 5. The summed E-state index contributed by atoms with van der Waals surface area (Å²) in [6.45, 7) is 5.14. The lowest BCUT2D eigenvalue weighted by Crippen LogP contribution is -2.46. The van der Waals surface area contributed by atoms with Gasteiger partial charge in [-0.05, 0) is 24.5 Å². The maximum absolute atomic E-state index is 4.57. The summed E-state index contributed by atoms with van der Waals surface area (Å²) >= 11 is 0. The van der Waals surface area contributed by atoms with E-state index in [-0.39, 0.29) is 0 Å². The molecule has 7 nitrogen and oxygen atoms in total. The quantitative estimate of drug-likeness (QED) is 0.724. The second-order valence-corrected chi connectivity index (χ2v) is 6.81. The SMILES string of the molecule is Cc1cncc(CN2CC3CC2CN3c2nccn3cnnc23)c1. The fourth-order valence-electron chi connectivity index (χ4n) is 4.09. The van der Waals surface area contributed by atoms with Gasteiger partial charge in [-0.2, -0.15) is 0 Å². The third-order valence-corrected chi connectivity index (χ3v) is 5.14. The molecule has 122 valence electrons. The van der Waals surface area contributed by atoms with Crippen molar-refractivity contribution in [1.29, 1.82) is 0 Å². The van der Waals surface area contributed by atoms with Gasteiger partial charge in [-0.3, -0.25) is 14.3 Å². The third-order valence-electron chi connectivity index (χ3n) is 5.14. The van der Waals surface area contributed by atoms with Crippen LogP contribution in [0.4, 0.5) is 5.82 Å². The van der Waals surface area contributed by atoms with E-state index in [4.69, 9.17) is 0 Å². The van der Waals surface area contributed by atoms with E-state index in [2.05, 4.69) is 43.0 Å². The van der Waals surface area contributed by atoms with Crippen LogP contribution in [-0.2, 0) is 6.54 Å². The Bertz CT molecular complexity index is 889. The zero-order chi connectivity index (χ0) is 16.1. The van der Waals surface area contributed by atoms with E-state index in [1.165, 1.54) is 17.5 Å². The average molecular weight is 321 g/mol. The van der Waals surface area contributed by atoms with Gasteiger partial charge in [0.1, 0.15) is 6.33 Å². The molecule has 0 spiro atoms. The molecule has 2 aliphatic heterocycles. The fourth-order valence-corrected chi connectivity index (χ4v) is 4.09. The first kappa shape index (κ1) is 13.9. The lowest BCUT2D eigenvalue weighted by molar-refractivity contribution is 0.230. The number of fused-ring (bicyclic) bond motifs is 3. The van der Waals surface area contributed by atoms with Crippen LogP contribution < -0.4 is 4.90 Å². The van der Waals surface area contributed by atoms with Gasteiger partial charge in [0.25, 0.3) is 0 Å². The smallest absolute Gasteiger partial charge is 0.203 e. The van der Waals surface area contributed by atoms with Crippen LogP contribution in [0.15, 0.2) is 37.2 Å². The molecule has 3 aromatic heterocycles. The molecule has 2 saturated heterocycles. The standard InChI is InChI=1S/C17H19N7/c1-12-4-13(7-18-6-12)8-23-9-15-5-14(23)10-24(15)16-17-21-20-11-22(17)3-2-19-16/h2-4,6-7,11,14-15H,5,8-10H2,1H3. The minimum Gasteiger partial charge on any atom is -0.348 e. The molecule has 2 unspecified atom stereocenters. The Kier molecular flexibility index (Phi) is 3.02. The van der Waals surface area contributed by atoms with E-state index in [1.54, 1.807) is 6.33 Å². The van der Waals surface area contributed by atoms with Gasteiger partial charge in [-0.25, -0.2) is 4.98 Å². The Balaban J connectivity index is 1.36. The van der Waals surface area contributed by atoms with Crippen LogP contribution in [0.1, 0.15) is 17.5 Å². The van der Waals surface area contributed by atoms with E-state index >= 15 is 0 Å². The van der Waals surface area contributed by atoms with Crippen molar-refractivity contribution in [3.63, 3.8) is 0 Å². The number of aryl methyl sites for hydroxylation is 1. The Morgan fingerprint density at radius 2 is 2.17 bits per heavy atom. The number of hydrogen-bond acceptors (Lipinski definition) is 6. The van der Waals surface area contributed by atoms with Gasteiger partial charge in [0, 0.05) is 56.5 Å². The minimum atomic E-state index is 0.503. The Morgan fingerprint density at radius 1 is 1.21 bits per heavy atom. The number of likely N-dealkylation sites (tertiary alicyclic amines) is 1. The topological polar surface area (TPSA) is 62.5 Å². The first-order valence-corrected chi connectivity index (χ1v) is 8.33. The fraction of sp³-hybridized carbons (Fsp3) is 0.412. The van der Waals surface area contributed by atoms with E-state index < -0.39 is 0 Å². The molecule has 0 saturated carbocycles. The zero-order valence-corrected chi connectivity index (χ0v) is 13.6. The minimum absolute atomic E-state index is 0.503. The van der Waals surface area contributed by atoms with Gasteiger partial charge in [0.05, 0.1) is 0 Å². The molecule has 2 bridgehead atoms. The Hall–Kier alpha value is -2.54. The molecule has 3 aromatic rings. The van der Waals surface area contributed by atoms with Gasteiger partial charge in [-0.15, -0.1) is 10.2 Å². The second kappa shape index (κ2) is 5.24. The number of rotatable bonds is 3. The molecule has 2 atom stereocenters. The highest BCUT2D eigenvalue weighted by Gasteiger charge is 2.44. The lowest BCUT2D eigenvalue weighted by Gasteiger charge is -2.34. The van der Waals surface area contributed by atoms with Crippen LogP contribution >= 0.6 is 0 Å². The van der Waals surface area contributed by atoms with Gasteiger partial charge in [-0.1, -0.05) is 6.07 Å². The highest BCUT2D eigenvalue weighted by molar-refractivity contribution is 5.64. The highest BCUT2D eigenvalue weighted by Crippen LogP contribution is 2.35. The maximum Gasteiger partial charge on any atom is 0.203 e. The number of pyridine rings is 1. The molecular formula is C17H19N7. The van der Waals surface area contributed by atoms with Crippen molar-refractivity contribution in [3.05, 3.63) is 48.3 Å². The monoisotopic (exact) mass is 321 g/mol. The van der Waals surface area contributed by atoms with Gasteiger partial charge in [0.2, 0.25) is 5.65 Å². The first-order valence-electron chi connectivity index (χ1n) is 8.33. The van der Waals surface area contributed by atoms with Gasteiger partial charge in [0.15, 0.2) is 5.82 Å². The molecule has 2 aliphatic rings. The number of anilines is 1. The van der Waals surface area contributed by atoms with Crippen molar-refractivity contribution in [1.82, 2.24) is 29.5 Å². The lowest BCUT2D eigenvalue weighted by atomic mass is 10.2. The summed E-state index contributed by atoms with van der Waals surface area (Å²) in [5.41, 5.74) is 3.37. The van der Waals surface area contributed by atoms with Crippen molar-refractivity contribution in [3.8, 4) is 0 Å². The van der Waals surface area contributed by atoms with Crippen LogP contribution in [0.5, 0.6) is 0 Å². The van der Waals surface area contributed by atoms with Gasteiger partial charge < -0.3 is 4.90 Å². The van der Waals surface area contributed by atoms with Crippen LogP contribution in [0.2, 0.25) is 0 Å². The van der Waals surface area contributed by atoms with Crippen molar-refractivity contribution in [2.75, 3.05) is 18.0 Å². The molecular weight excluding hydrogens is 302 g/mol. The van der Waals surface area contributed by atoms with E-state index in [1.807, 2.05) is 29.2 Å². The molecule has 7 heteroatoms. The van der Waals surface area contributed by atoms with Crippen molar-refractivity contribution < 1.29 is 0 Å². The van der Waals surface area contributed by atoms with Gasteiger partial charge >= 0.3 is 0 Å². The summed E-state index contributed by atoms with van der Waals surface area (Å²) in [4.78, 5) is 13.9. The largest absolute Gasteiger partial charge is 0.348 e. The summed E-state index contributed by atoms with van der Waals surface area (Å²) in [7, 11) is 0. The first-order chi connectivity index (χ1) is 11.8. The van der Waals surface area contributed by atoms with Crippen molar-refractivity contribution >= 4 is 11.5 Å². The normalized spacial score (nSPS) is 23.5. The molecule has 0 aliphatic carbocycles. The van der Waals surface area contributed by atoms with E-state index in [0.717, 1.165) is 31.1 Å². The summed E-state index contributed by atoms with van der Waals surface area (Å²) in [6, 6.07) is 3.30. The molecule has 0 radical (unpaired) electrons. The molecule has 5 rings (SSSR count). The van der Waals surface area contributed by atoms with Crippen LogP contribution in [0, 0.1) is 6.92 Å². The molecule has 0 amide bonds. The molecule has 2 fully saturated rings. The van der Waals surface area contributed by atoms with Crippen molar-refractivity contribution in [2.45, 2.75) is 32.0 Å². The van der Waals surface area contributed by atoms with E-state index in [0.29, 0.717) is 12.1 Å². The summed E-state index contributed by atoms with van der Waals surface area (Å²) in [5, 5.41) is 8.23. The molecule has 0 aromatic carbocycles. The molecule has 24 heavy (non-hydrogen) atoms. The predicted molar refractivity (Wildman–Crippen MR) is 89.7 cm³/mol. The Labute approximate surface area is 140 Å². The summed E-state index contributed by atoms with van der Waals surface area (Å²) in [5.74, 6) is 0.958. The summed E-state index contributed by atoms with van der Waals surface area (Å²) in [6.07, 6.45) is 10.5. The number of hydrogen-bond donors (Lipinski definition) is 0. The molecule has 0 N–H and O–H groups in total. The second-order valence-electron chi connectivity index (χ2n) is 6.81. The number of nitrogens with zero attached hydrogens (tertiary/aromatic N) is 7. The average Bonchev–Trinajstić information content (AvgIpc) is 3.29. The number of piperazine rings is 1. The summed E-state index contributed by atoms with van der Waals surface area (Å²) < 4.78 is 1.94. The van der Waals surface area contributed by atoms with Crippen LogP contribution in [0.25, 0.3) is 5.65 Å². The van der Waals surface area contributed by atoms with Crippen molar-refractivity contribution in [2.24, 2.45) is 0 Å². The third kappa shape index (κ3) is 2.16. The van der Waals surface area contributed by atoms with Crippen LogP contribution in [0.3, 0.4) is 0 Å². The molecule has 5 heterocycles. The van der Waals surface area contributed by atoms with Crippen LogP contribution in [-0.4, -0.2) is 54.6 Å². The van der Waals surface area contributed by atoms with E-state index in [9.17, 15) is 0 Å². The Morgan fingerprint density at radius 3 is 3.00 bits per heavy atom. The highest BCUT2D eigenvalue weighted by atomic mass is 15.4. The predicted octanol–water partition coefficient (Wildman–Crippen LogP) is 1.29. The zero-order valence-electron chi connectivity index (χ0n) is 13.6.